The van der Waals surface area contributed by atoms with E-state index in [0.717, 1.165) is 22.0 Å². The van der Waals surface area contributed by atoms with E-state index < -0.39 is 22.5 Å². The predicted molar refractivity (Wildman–Crippen MR) is 138 cm³/mol. The highest BCUT2D eigenvalue weighted by Gasteiger charge is 2.28. The standard InChI is InChI=1S/C26H28ClN3O3S/c1-19-9-14-24(15-10-19)34(32,33)30(25-16-13-23(27)17-20(25)2)18-26(31)29-28-21(3)11-12-22-7-5-4-6-8-22/h4-10,13-17H,11-12,18H2,1-3H3,(H,29,31)/b28-21-. The van der Waals surface area contributed by atoms with Gasteiger partial charge in [0.2, 0.25) is 0 Å². The van der Waals surface area contributed by atoms with E-state index in [0.29, 0.717) is 22.7 Å². The Morgan fingerprint density at radius 2 is 1.68 bits per heavy atom. The van der Waals surface area contributed by atoms with Gasteiger partial charge in [0.05, 0.1) is 10.6 Å². The summed E-state index contributed by atoms with van der Waals surface area (Å²) in [6.07, 6.45) is 1.47. The molecule has 3 aromatic rings. The van der Waals surface area contributed by atoms with Crippen molar-refractivity contribution in [2.45, 2.75) is 38.5 Å². The van der Waals surface area contributed by atoms with Gasteiger partial charge >= 0.3 is 0 Å². The first-order valence-corrected chi connectivity index (χ1v) is 12.7. The van der Waals surface area contributed by atoms with Crippen LogP contribution in [0.25, 0.3) is 0 Å². The molecule has 178 valence electrons. The summed E-state index contributed by atoms with van der Waals surface area (Å²) in [4.78, 5) is 12.9. The van der Waals surface area contributed by atoms with Crippen LogP contribution in [-0.2, 0) is 21.2 Å². The van der Waals surface area contributed by atoms with E-state index in [1.807, 2.05) is 44.2 Å². The van der Waals surface area contributed by atoms with Crippen LogP contribution >= 0.6 is 11.6 Å². The SMILES string of the molecule is C/C(CCc1ccccc1)=N/NC(=O)CN(c1ccc(Cl)cc1C)S(=O)(=O)c1ccc(C)cc1. The second-order valence-electron chi connectivity index (χ2n) is 8.12. The van der Waals surface area contributed by atoms with Crippen molar-refractivity contribution >= 4 is 38.9 Å². The lowest BCUT2D eigenvalue weighted by Gasteiger charge is -2.25. The molecular weight excluding hydrogens is 470 g/mol. The molecule has 6 nitrogen and oxygen atoms in total. The molecule has 0 radical (unpaired) electrons. The molecule has 0 saturated heterocycles. The number of nitrogens with zero attached hydrogens (tertiary/aromatic N) is 2. The molecule has 0 heterocycles. The van der Waals surface area contributed by atoms with Crippen LogP contribution in [0.2, 0.25) is 5.02 Å². The average Bonchev–Trinajstić information content (AvgIpc) is 2.81. The minimum atomic E-state index is -4.01. The lowest BCUT2D eigenvalue weighted by molar-refractivity contribution is -0.119. The fraction of sp³-hybridized carbons (Fsp3) is 0.231. The molecule has 3 rings (SSSR count). The smallest absolute Gasteiger partial charge is 0.264 e. The zero-order valence-electron chi connectivity index (χ0n) is 19.5. The zero-order valence-corrected chi connectivity index (χ0v) is 21.0. The van der Waals surface area contributed by atoms with E-state index in [2.05, 4.69) is 10.5 Å². The van der Waals surface area contributed by atoms with Crippen LogP contribution in [0.15, 0.2) is 82.8 Å². The van der Waals surface area contributed by atoms with E-state index >= 15 is 0 Å². The molecule has 1 amide bonds. The van der Waals surface area contributed by atoms with Crippen LogP contribution in [0.5, 0.6) is 0 Å². The molecule has 1 N–H and O–H groups in total. The Labute approximate surface area is 206 Å². The Balaban J connectivity index is 1.79. The summed E-state index contributed by atoms with van der Waals surface area (Å²) < 4.78 is 28.1. The minimum absolute atomic E-state index is 0.0998. The number of hydrogen-bond donors (Lipinski definition) is 1. The van der Waals surface area contributed by atoms with E-state index in [1.165, 1.54) is 17.7 Å². The molecular formula is C26H28ClN3O3S. The van der Waals surface area contributed by atoms with Gasteiger partial charge in [-0.2, -0.15) is 5.10 Å². The normalized spacial score (nSPS) is 11.8. The largest absolute Gasteiger partial charge is 0.271 e. The lowest BCUT2D eigenvalue weighted by Crippen LogP contribution is -2.40. The Morgan fingerprint density at radius 1 is 1.00 bits per heavy atom. The number of hydrazone groups is 1. The van der Waals surface area contributed by atoms with Crippen LogP contribution in [0.1, 0.15) is 30.0 Å². The molecule has 0 unspecified atom stereocenters. The summed E-state index contributed by atoms with van der Waals surface area (Å²) in [5, 5.41) is 4.65. The summed E-state index contributed by atoms with van der Waals surface area (Å²) in [6, 6.07) is 21.4. The maximum absolute atomic E-state index is 13.5. The second kappa shape index (κ2) is 11.3. The predicted octanol–water partition coefficient (Wildman–Crippen LogP) is 5.28. The molecule has 34 heavy (non-hydrogen) atoms. The fourth-order valence-corrected chi connectivity index (χ4v) is 5.10. The Morgan fingerprint density at radius 3 is 2.32 bits per heavy atom. The summed E-state index contributed by atoms with van der Waals surface area (Å²) in [6.45, 7) is 5.03. The number of amides is 1. The third kappa shape index (κ3) is 6.68. The van der Waals surface area contributed by atoms with Gasteiger partial charge in [0.15, 0.2) is 0 Å². The molecule has 0 saturated carbocycles. The molecule has 0 atom stereocenters. The topological polar surface area (TPSA) is 78.8 Å². The Kier molecular flexibility index (Phi) is 8.47. The van der Waals surface area contributed by atoms with Gasteiger partial charge in [-0.15, -0.1) is 0 Å². The molecule has 3 aromatic carbocycles. The van der Waals surface area contributed by atoms with Crippen LogP contribution in [0.4, 0.5) is 5.69 Å². The van der Waals surface area contributed by atoms with Crippen LogP contribution in [0.3, 0.4) is 0 Å². The van der Waals surface area contributed by atoms with Crippen LogP contribution < -0.4 is 9.73 Å². The first kappa shape index (κ1) is 25.5. The fourth-order valence-electron chi connectivity index (χ4n) is 3.39. The number of sulfonamides is 1. The molecule has 8 heteroatoms. The van der Waals surface area contributed by atoms with Gasteiger partial charge in [-0.05, 0) is 75.1 Å². The molecule has 0 aliphatic carbocycles. The minimum Gasteiger partial charge on any atom is -0.271 e. The molecule has 0 bridgehead atoms. The number of anilines is 1. The van der Waals surface area contributed by atoms with E-state index in [1.54, 1.807) is 37.3 Å². The Bertz CT molecular complexity index is 1270. The number of hydrogen-bond acceptors (Lipinski definition) is 4. The van der Waals surface area contributed by atoms with Crippen molar-refractivity contribution in [3.05, 3.63) is 94.5 Å². The maximum Gasteiger partial charge on any atom is 0.264 e. The van der Waals surface area contributed by atoms with Gasteiger partial charge in [-0.1, -0.05) is 59.6 Å². The third-order valence-electron chi connectivity index (χ3n) is 5.31. The highest BCUT2D eigenvalue weighted by atomic mass is 35.5. The van der Waals surface area contributed by atoms with Gasteiger partial charge in [0.25, 0.3) is 15.9 Å². The quantitative estimate of drug-likeness (QED) is 0.323. The Hall–Kier alpha value is -3.16. The number of benzene rings is 3. The summed E-state index contributed by atoms with van der Waals surface area (Å²) >= 11 is 6.07. The first-order valence-electron chi connectivity index (χ1n) is 10.9. The third-order valence-corrected chi connectivity index (χ3v) is 7.32. The molecule has 0 aliphatic rings. The maximum atomic E-state index is 13.5. The number of carbonyl (C=O) groups excluding carboxylic acids is 1. The van der Waals surface area contributed by atoms with E-state index in [4.69, 9.17) is 11.6 Å². The molecule has 0 fully saturated rings. The van der Waals surface area contributed by atoms with Crippen molar-refractivity contribution in [2.75, 3.05) is 10.8 Å². The van der Waals surface area contributed by atoms with Crippen molar-refractivity contribution < 1.29 is 13.2 Å². The van der Waals surface area contributed by atoms with Crippen molar-refractivity contribution in [3.8, 4) is 0 Å². The summed E-state index contributed by atoms with van der Waals surface area (Å²) in [5.41, 5.74) is 6.37. The summed E-state index contributed by atoms with van der Waals surface area (Å²) in [7, 11) is -4.01. The van der Waals surface area contributed by atoms with Gasteiger partial charge in [0.1, 0.15) is 6.54 Å². The highest BCUT2D eigenvalue weighted by Crippen LogP contribution is 2.29. The molecule has 0 aliphatic heterocycles. The van der Waals surface area contributed by atoms with Gasteiger partial charge in [-0.25, -0.2) is 13.8 Å². The first-order chi connectivity index (χ1) is 16.2. The highest BCUT2D eigenvalue weighted by molar-refractivity contribution is 7.92. The molecule has 0 spiro atoms. The summed E-state index contributed by atoms with van der Waals surface area (Å²) in [5.74, 6) is -0.538. The number of carbonyl (C=O) groups is 1. The van der Waals surface area contributed by atoms with E-state index in [9.17, 15) is 13.2 Å². The van der Waals surface area contributed by atoms with Crippen LogP contribution in [0, 0.1) is 13.8 Å². The van der Waals surface area contributed by atoms with Crippen molar-refractivity contribution in [3.63, 3.8) is 0 Å². The average molecular weight is 498 g/mol. The number of nitrogens with one attached hydrogen (secondary N) is 1. The van der Waals surface area contributed by atoms with Crippen molar-refractivity contribution in [2.24, 2.45) is 5.10 Å². The van der Waals surface area contributed by atoms with Crippen molar-refractivity contribution in [1.82, 2.24) is 5.43 Å². The molecule has 0 aromatic heterocycles. The monoisotopic (exact) mass is 497 g/mol. The number of halogens is 1. The zero-order chi connectivity index (χ0) is 24.7. The lowest BCUT2D eigenvalue weighted by atomic mass is 10.1. The van der Waals surface area contributed by atoms with E-state index in [-0.39, 0.29) is 4.90 Å². The van der Waals surface area contributed by atoms with Crippen molar-refractivity contribution in [1.29, 1.82) is 0 Å². The van der Waals surface area contributed by atoms with Crippen LogP contribution in [-0.4, -0.2) is 26.6 Å². The second-order valence-corrected chi connectivity index (χ2v) is 10.4. The number of aryl methyl sites for hydroxylation is 3. The number of rotatable bonds is 9. The van der Waals surface area contributed by atoms with Gasteiger partial charge < -0.3 is 0 Å². The van der Waals surface area contributed by atoms with Gasteiger partial charge in [-0.3, -0.25) is 9.10 Å². The van der Waals surface area contributed by atoms with Gasteiger partial charge in [0, 0.05) is 10.7 Å².